The van der Waals surface area contributed by atoms with E-state index >= 15 is 0 Å². The summed E-state index contributed by atoms with van der Waals surface area (Å²) in [5.74, 6) is -0.235. The van der Waals surface area contributed by atoms with Gasteiger partial charge in [0.25, 0.3) is 0 Å². The monoisotopic (exact) mass is 462 g/mol. The average Bonchev–Trinajstić information content (AvgIpc) is 3.21. The molecule has 3 aliphatic heterocycles. The lowest BCUT2D eigenvalue weighted by molar-refractivity contribution is -0.396. The SMILES string of the molecule is Cn1c(COP2(=O)OC[C@H]3S[C@@H](N4C=CC(N)=NC4O)[C@@H](O)[C@@H]3O2)cnc1[N+](=O)[O-]. The van der Waals surface area contributed by atoms with Crippen LogP contribution in [0.1, 0.15) is 5.69 Å². The number of thioether (sulfide) groups is 1. The Kier molecular flexibility index (Phi) is 5.61. The van der Waals surface area contributed by atoms with Gasteiger partial charge in [-0.25, -0.2) is 14.1 Å². The van der Waals surface area contributed by atoms with Gasteiger partial charge in [0, 0.05) is 6.20 Å². The summed E-state index contributed by atoms with van der Waals surface area (Å²) < 4.78 is 30.1. The van der Waals surface area contributed by atoms with Crippen molar-refractivity contribution in [2.45, 2.75) is 35.8 Å². The Morgan fingerprint density at radius 2 is 2.30 bits per heavy atom. The summed E-state index contributed by atoms with van der Waals surface area (Å²) in [7, 11) is -2.62. The van der Waals surface area contributed by atoms with Crippen LogP contribution in [0, 0.1) is 10.1 Å². The van der Waals surface area contributed by atoms with Gasteiger partial charge < -0.3 is 31.0 Å². The molecule has 0 aliphatic carbocycles. The largest absolute Gasteiger partial charge is 0.475 e. The zero-order valence-corrected chi connectivity index (χ0v) is 17.3. The third kappa shape index (κ3) is 3.85. The van der Waals surface area contributed by atoms with Crippen molar-refractivity contribution in [1.29, 1.82) is 0 Å². The van der Waals surface area contributed by atoms with Crippen molar-refractivity contribution in [1.82, 2.24) is 14.5 Å². The maximum Gasteiger partial charge on any atom is 0.475 e. The molecule has 164 valence electrons. The van der Waals surface area contributed by atoms with Crippen molar-refractivity contribution in [3.8, 4) is 0 Å². The van der Waals surface area contributed by atoms with E-state index in [9.17, 15) is 24.9 Å². The van der Waals surface area contributed by atoms with Gasteiger partial charge >= 0.3 is 13.8 Å². The van der Waals surface area contributed by atoms with Crippen LogP contribution in [0.2, 0.25) is 0 Å². The fourth-order valence-corrected chi connectivity index (χ4v) is 6.32. The van der Waals surface area contributed by atoms with Gasteiger partial charge in [0.05, 0.1) is 18.9 Å². The lowest BCUT2D eigenvalue weighted by Gasteiger charge is -2.34. The molecule has 14 nitrogen and oxygen atoms in total. The molecule has 6 atom stereocenters. The molecule has 0 amide bonds. The summed E-state index contributed by atoms with van der Waals surface area (Å²) in [5, 5.41) is 30.7. The van der Waals surface area contributed by atoms with Gasteiger partial charge in [-0.15, -0.1) is 11.8 Å². The fraction of sp³-hybridized carbons (Fsp3) is 0.571. The van der Waals surface area contributed by atoms with Gasteiger partial charge in [0.2, 0.25) is 6.35 Å². The Bertz CT molecular complexity index is 955. The van der Waals surface area contributed by atoms with Crippen LogP contribution in [0.5, 0.6) is 0 Å². The zero-order chi connectivity index (χ0) is 21.6. The van der Waals surface area contributed by atoms with E-state index in [1.54, 1.807) is 0 Å². The maximum atomic E-state index is 12.9. The molecular formula is C14H19N6O8PS. The summed E-state index contributed by atoms with van der Waals surface area (Å²) >= 11 is 1.28. The molecule has 0 aromatic carbocycles. The lowest BCUT2D eigenvalue weighted by Crippen LogP contribution is -2.47. The number of aliphatic hydroxyl groups excluding tert-OH is 2. The second-order valence-corrected chi connectivity index (χ2v) is 9.65. The van der Waals surface area contributed by atoms with Crippen molar-refractivity contribution < 1.29 is 33.3 Å². The van der Waals surface area contributed by atoms with Gasteiger partial charge in [0.1, 0.15) is 41.9 Å². The predicted octanol–water partition coefficient (Wildman–Crippen LogP) is -0.367. The number of aromatic nitrogens is 2. The number of nitrogens with two attached hydrogens (primary N) is 1. The fourth-order valence-electron chi connectivity index (χ4n) is 3.22. The first-order chi connectivity index (χ1) is 14.2. The average molecular weight is 462 g/mol. The third-order valence-corrected chi connectivity index (χ3v) is 7.76. The number of hydrogen-bond donors (Lipinski definition) is 3. The Morgan fingerprint density at radius 3 is 2.97 bits per heavy atom. The minimum atomic E-state index is -4.04. The summed E-state index contributed by atoms with van der Waals surface area (Å²) in [6.07, 6.45) is 0.935. The third-order valence-electron chi connectivity index (χ3n) is 4.79. The van der Waals surface area contributed by atoms with Gasteiger partial charge in [-0.1, -0.05) is 4.98 Å². The minimum absolute atomic E-state index is 0.0231. The Morgan fingerprint density at radius 1 is 1.53 bits per heavy atom. The molecule has 16 heteroatoms. The number of aliphatic hydroxyl groups is 2. The van der Waals surface area contributed by atoms with E-state index < -0.39 is 36.7 Å². The van der Waals surface area contributed by atoms with Crippen molar-refractivity contribution in [3.05, 3.63) is 34.3 Å². The summed E-state index contributed by atoms with van der Waals surface area (Å²) in [6, 6.07) is 0. The number of hydrogen-bond acceptors (Lipinski definition) is 13. The number of phosphoric ester groups is 1. The van der Waals surface area contributed by atoms with Crippen LogP contribution in [-0.2, 0) is 31.8 Å². The smallest absolute Gasteiger partial charge is 0.390 e. The number of nitrogens with zero attached hydrogens (tertiary/aromatic N) is 5. The highest BCUT2D eigenvalue weighted by Crippen LogP contribution is 2.58. The predicted molar refractivity (Wildman–Crippen MR) is 103 cm³/mol. The topological polar surface area (TPSA) is 188 Å². The van der Waals surface area contributed by atoms with Crippen LogP contribution in [0.25, 0.3) is 0 Å². The highest BCUT2D eigenvalue weighted by atomic mass is 32.2. The van der Waals surface area contributed by atoms with Crippen molar-refractivity contribution in [2.75, 3.05) is 6.61 Å². The van der Waals surface area contributed by atoms with Crippen LogP contribution in [0.4, 0.5) is 5.95 Å². The van der Waals surface area contributed by atoms with Crippen LogP contribution in [0.15, 0.2) is 23.5 Å². The molecule has 0 spiro atoms. The maximum absolute atomic E-state index is 12.9. The van der Waals surface area contributed by atoms with E-state index in [0.717, 1.165) is 0 Å². The van der Waals surface area contributed by atoms with Crippen LogP contribution in [-0.4, -0.2) is 71.2 Å². The van der Waals surface area contributed by atoms with Crippen molar-refractivity contribution in [2.24, 2.45) is 17.8 Å². The molecule has 3 aliphatic rings. The van der Waals surface area contributed by atoms with Gasteiger partial charge in [0.15, 0.2) is 0 Å². The molecule has 2 fully saturated rings. The van der Waals surface area contributed by atoms with E-state index in [2.05, 4.69) is 9.98 Å². The number of imidazole rings is 1. The number of aliphatic imine (C=N–C) groups is 1. The van der Waals surface area contributed by atoms with Crippen LogP contribution >= 0.6 is 19.6 Å². The second-order valence-electron chi connectivity index (χ2n) is 6.67. The molecule has 2 unspecified atom stereocenters. The molecule has 4 rings (SSSR count). The van der Waals surface area contributed by atoms with Crippen LogP contribution in [0.3, 0.4) is 0 Å². The summed E-state index contributed by atoms with van der Waals surface area (Å²) in [6.45, 7) is -0.328. The number of amidine groups is 1. The summed E-state index contributed by atoms with van der Waals surface area (Å²) in [5.41, 5.74) is 5.84. The van der Waals surface area contributed by atoms with E-state index in [1.807, 2.05) is 0 Å². The Labute approximate surface area is 174 Å². The van der Waals surface area contributed by atoms with E-state index in [0.29, 0.717) is 5.69 Å². The van der Waals surface area contributed by atoms with Gasteiger partial charge in [-0.05, 0) is 11.0 Å². The number of rotatable bonds is 5. The molecular weight excluding hydrogens is 443 g/mol. The number of phosphoric acid groups is 1. The molecule has 1 aromatic heterocycles. The zero-order valence-electron chi connectivity index (χ0n) is 15.5. The standard InChI is InChI=1S/C14H19N6O8PS/c1-18-7(4-16-13(18)20(23)24)5-26-29(25)27-6-8-11(28-29)10(21)12(30-8)19-3-2-9(15)17-14(19)22/h2-4,8,10-12,14,21-22H,5-6H2,1H3,(H2,15,17)/t8-,10+,11-,12-,14?,29?/m1/s1. The Hall–Kier alpha value is -2.00. The normalized spacial score (nSPS) is 35.9. The summed E-state index contributed by atoms with van der Waals surface area (Å²) in [4.78, 5) is 19.1. The highest BCUT2D eigenvalue weighted by molar-refractivity contribution is 8.00. The molecule has 0 radical (unpaired) electrons. The van der Waals surface area contributed by atoms with Crippen molar-refractivity contribution in [3.63, 3.8) is 0 Å². The molecule has 1 aromatic rings. The lowest BCUT2D eigenvalue weighted by atomic mass is 10.1. The first-order valence-corrected chi connectivity index (χ1v) is 11.1. The van der Waals surface area contributed by atoms with E-state index in [1.165, 1.54) is 46.7 Å². The molecule has 30 heavy (non-hydrogen) atoms. The quantitative estimate of drug-likeness (QED) is 0.293. The molecule has 4 N–H and O–H groups in total. The van der Waals surface area contributed by atoms with Crippen LogP contribution < -0.4 is 5.73 Å². The van der Waals surface area contributed by atoms with E-state index in [4.69, 9.17) is 19.3 Å². The van der Waals surface area contributed by atoms with E-state index in [-0.39, 0.29) is 30.2 Å². The number of nitro groups is 1. The number of fused-ring (bicyclic) bond motifs is 1. The van der Waals surface area contributed by atoms with Gasteiger partial charge in [-0.2, -0.15) is 0 Å². The molecule has 0 saturated carbocycles. The van der Waals surface area contributed by atoms with Gasteiger partial charge in [-0.3, -0.25) is 13.6 Å². The highest BCUT2D eigenvalue weighted by Gasteiger charge is 2.54. The molecule has 0 bridgehead atoms. The molecule has 2 saturated heterocycles. The second kappa shape index (κ2) is 7.92. The van der Waals surface area contributed by atoms with Crippen molar-refractivity contribution >= 4 is 31.4 Å². The first kappa shape index (κ1) is 21.2. The molecule has 4 heterocycles. The Balaban J connectivity index is 1.42. The minimum Gasteiger partial charge on any atom is -0.390 e. The first-order valence-electron chi connectivity index (χ1n) is 8.71.